The van der Waals surface area contributed by atoms with Gasteiger partial charge >= 0.3 is 0 Å². The van der Waals surface area contributed by atoms with E-state index >= 15 is 0 Å². The highest BCUT2D eigenvalue weighted by Gasteiger charge is 2.32. The Morgan fingerprint density at radius 1 is 0.971 bits per heavy atom. The van der Waals surface area contributed by atoms with Crippen LogP contribution in [0.15, 0.2) is 42.5 Å². The molecule has 8 heteroatoms. The Labute approximate surface area is 210 Å². The largest absolute Gasteiger partial charge is 0.354 e. The van der Waals surface area contributed by atoms with Crippen LogP contribution >= 0.6 is 0 Å². The van der Waals surface area contributed by atoms with Crippen molar-refractivity contribution >= 4 is 27.5 Å². The molecule has 7 nitrogen and oxygen atoms in total. The quantitative estimate of drug-likeness (QED) is 0.505. The number of aryl methyl sites for hydroxylation is 2. The van der Waals surface area contributed by atoms with E-state index in [2.05, 4.69) is 5.32 Å². The van der Waals surface area contributed by atoms with Gasteiger partial charge in [-0.1, -0.05) is 57.2 Å². The summed E-state index contributed by atoms with van der Waals surface area (Å²) in [5.74, 6) is -0.395. The van der Waals surface area contributed by atoms with Gasteiger partial charge < -0.3 is 10.2 Å². The maximum Gasteiger partial charge on any atom is 0.244 e. The number of anilines is 1. The van der Waals surface area contributed by atoms with Crippen molar-refractivity contribution in [1.29, 1.82) is 0 Å². The molecule has 0 fully saturated rings. The first-order valence-corrected chi connectivity index (χ1v) is 13.9. The van der Waals surface area contributed by atoms with Crippen LogP contribution < -0.4 is 9.62 Å². The second-order valence-corrected chi connectivity index (χ2v) is 11.4. The molecule has 2 aromatic carbocycles. The molecule has 192 valence electrons. The first-order valence-electron chi connectivity index (χ1n) is 12.0. The number of benzene rings is 2. The van der Waals surface area contributed by atoms with E-state index in [-0.39, 0.29) is 24.9 Å². The molecule has 2 aromatic rings. The second kappa shape index (κ2) is 12.2. The molecule has 1 N–H and O–H groups in total. The van der Waals surface area contributed by atoms with Crippen molar-refractivity contribution in [1.82, 2.24) is 10.2 Å². The predicted molar refractivity (Wildman–Crippen MR) is 142 cm³/mol. The van der Waals surface area contributed by atoms with Crippen LogP contribution in [0.3, 0.4) is 0 Å². The van der Waals surface area contributed by atoms with Gasteiger partial charge in [0.2, 0.25) is 21.8 Å². The predicted octanol–water partition coefficient (Wildman–Crippen LogP) is 3.96. The number of hydrogen-bond acceptors (Lipinski definition) is 4. The first-order chi connectivity index (χ1) is 16.4. The lowest BCUT2D eigenvalue weighted by Gasteiger charge is -2.33. The van der Waals surface area contributed by atoms with E-state index < -0.39 is 22.0 Å². The molecule has 0 saturated heterocycles. The summed E-state index contributed by atoms with van der Waals surface area (Å²) in [6, 6.07) is 12.4. The molecule has 0 aromatic heterocycles. The summed E-state index contributed by atoms with van der Waals surface area (Å²) in [7, 11) is -3.76. The van der Waals surface area contributed by atoms with Gasteiger partial charge in [-0.05, 0) is 61.4 Å². The number of hydrogen-bond donors (Lipinski definition) is 1. The fraction of sp³-hybridized carbons (Fsp3) is 0.481. The highest BCUT2D eigenvalue weighted by molar-refractivity contribution is 7.92. The summed E-state index contributed by atoms with van der Waals surface area (Å²) in [6.07, 6.45) is 1.50. The molecular formula is C27H39N3O4S. The zero-order valence-electron chi connectivity index (χ0n) is 22.0. The fourth-order valence-corrected chi connectivity index (χ4v) is 4.81. The van der Waals surface area contributed by atoms with E-state index in [0.29, 0.717) is 18.7 Å². The topological polar surface area (TPSA) is 86.8 Å². The number of sulfonamides is 1. The van der Waals surface area contributed by atoms with Gasteiger partial charge in [0.05, 0.1) is 11.9 Å². The van der Waals surface area contributed by atoms with E-state index in [4.69, 9.17) is 0 Å². The van der Waals surface area contributed by atoms with Gasteiger partial charge in [0.15, 0.2) is 0 Å². The van der Waals surface area contributed by atoms with E-state index in [9.17, 15) is 18.0 Å². The van der Waals surface area contributed by atoms with Crippen molar-refractivity contribution in [3.05, 3.63) is 64.7 Å². The van der Waals surface area contributed by atoms with E-state index in [1.165, 1.54) is 4.90 Å². The number of nitrogens with one attached hydrogen (secondary N) is 1. The molecular weight excluding hydrogens is 462 g/mol. The fourth-order valence-electron chi connectivity index (χ4n) is 3.91. The Kier molecular flexibility index (Phi) is 9.89. The van der Waals surface area contributed by atoms with Crippen molar-refractivity contribution in [3.8, 4) is 0 Å². The van der Waals surface area contributed by atoms with Gasteiger partial charge in [-0.15, -0.1) is 0 Å². The molecule has 35 heavy (non-hydrogen) atoms. The smallest absolute Gasteiger partial charge is 0.244 e. The summed E-state index contributed by atoms with van der Waals surface area (Å²) in [5.41, 5.74) is 4.10. The third-order valence-corrected chi connectivity index (χ3v) is 7.32. The minimum Gasteiger partial charge on any atom is -0.354 e. The van der Waals surface area contributed by atoms with Crippen LogP contribution in [0.4, 0.5) is 5.69 Å². The Hall–Kier alpha value is -2.87. The third kappa shape index (κ3) is 7.56. The maximum absolute atomic E-state index is 13.8. The van der Waals surface area contributed by atoms with Crippen LogP contribution in [0.25, 0.3) is 0 Å². The molecule has 0 aliphatic heterocycles. The second-order valence-electron chi connectivity index (χ2n) is 9.50. The third-order valence-electron chi connectivity index (χ3n) is 6.20. The van der Waals surface area contributed by atoms with Gasteiger partial charge in [-0.25, -0.2) is 8.42 Å². The summed E-state index contributed by atoms with van der Waals surface area (Å²) >= 11 is 0. The highest BCUT2D eigenvalue weighted by Crippen LogP contribution is 2.26. The minimum absolute atomic E-state index is 0.212. The van der Waals surface area contributed by atoms with Gasteiger partial charge in [0.25, 0.3) is 0 Å². The van der Waals surface area contributed by atoms with Crippen molar-refractivity contribution in [3.63, 3.8) is 0 Å². The number of carbonyl (C=O) groups is 2. The van der Waals surface area contributed by atoms with E-state index in [1.807, 2.05) is 71.9 Å². The van der Waals surface area contributed by atoms with Crippen LogP contribution in [0.5, 0.6) is 0 Å². The van der Waals surface area contributed by atoms with Crippen LogP contribution in [-0.4, -0.2) is 50.5 Å². The number of amides is 2. The molecule has 2 amide bonds. The van der Waals surface area contributed by atoms with Crippen molar-refractivity contribution < 1.29 is 18.0 Å². The van der Waals surface area contributed by atoms with Crippen molar-refractivity contribution in [2.75, 3.05) is 23.7 Å². The lowest BCUT2D eigenvalue weighted by atomic mass is 10.1. The molecule has 2 rings (SSSR count). The lowest BCUT2D eigenvalue weighted by Crippen LogP contribution is -2.52. The van der Waals surface area contributed by atoms with Crippen LogP contribution in [0.1, 0.15) is 49.4 Å². The molecule has 0 unspecified atom stereocenters. The van der Waals surface area contributed by atoms with Crippen molar-refractivity contribution in [2.24, 2.45) is 5.92 Å². The van der Waals surface area contributed by atoms with Gasteiger partial charge in [-0.3, -0.25) is 13.9 Å². The molecule has 0 heterocycles. The molecule has 0 bridgehead atoms. The SMILES string of the molecule is CC[C@@H](C(=O)NCC(C)C)N(Cc1ccccc1C)C(=O)CN(c1cccc(C)c1C)S(C)(=O)=O. The maximum atomic E-state index is 13.8. The molecule has 0 radical (unpaired) electrons. The molecule has 0 aliphatic rings. The molecule has 0 saturated carbocycles. The number of rotatable bonds is 11. The summed E-state index contributed by atoms with van der Waals surface area (Å²) in [6.45, 7) is 11.9. The lowest BCUT2D eigenvalue weighted by molar-refractivity contribution is -0.140. The Morgan fingerprint density at radius 2 is 1.60 bits per heavy atom. The number of carbonyl (C=O) groups excluding carboxylic acids is 2. The monoisotopic (exact) mass is 501 g/mol. The summed E-state index contributed by atoms with van der Waals surface area (Å²) in [5, 5.41) is 2.94. The average molecular weight is 502 g/mol. The normalized spacial score (nSPS) is 12.3. The zero-order valence-corrected chi connectivity index (χ0v) is 22.8. The van der Waals surface area contributed by atoms with Gasteiger partial charge in [0, 0.05) is 13.1 Å². The van der Waals surface area contributed by atoms with Gasteiger partial charge in [-0.2, -0.15) is 0 Å². The molecule has 1 atom stereocenters. The first kappa shape index (κ1) is 28.4. The Bertz CT molecular complexity index is 1140. The van der Waals surface area contributed by atoms with Gasteiger partial charge in [0.1, 0.15) is 12.6 Å². The highest BCUT2D eigenvalue weighted by atomic mass is 32.2. The molecule has 0 aliphatic carbocycles. The summed E-state index contributed by atoms with van der Waals surface area (Å²) < 4.78 is 26.7. The van der Waals surface area contributed by atoms with Crippen LogP contribution in [-0.2, 0) is 26.2 Å². The number of nitrogens with zero attached hydrogens (tertiary/aromatic N) is 2. The Morgan fingerprint density at radius 3 is 2.17 bits per heavy atom. The average Bonchev–Trinajstić information content (AvgIpc) is 2.78. The van der Waals surface area contributed by atoms with Crippen LogP contribution in [0, 0.1) is 26.7 Å². The van der Waals surface area contributed by atoms with Crippen molar-refractivity contribution in [2.45, 2.75) is 60.5 Å². The van der Waals surface area contributed by atoms with E-state index in [0.717, 1.165) is 32.8 Å². The zero-order chi connectivity index (χ0) is 26.3. The Balaban J connectivity index is 2.48. The standard InChI is InChI=1S/C27H39N3O4S/c1-8-24(27(32)28-16-19(2)3)29(17-23-14-10-9-12-21(23)5)26(31)18-30(35(7,33)34)25-15-11-13-20(4)22(25)6/h9-15,19,24H,8,16-18H2,1-7H3,(H,28,32)/t24-/m0/s1. The molecule has 0 spiro atoms. The summed E-state index contributed by atoms with van der Waals surface area (Å²) in [4.78, 5) is 28.4. The minimum atomic E-state index is -3.76. The van der Waals surface area contributed by atoms with Crippen LogP contribution in [0.2, 0.25) is 0 Å². The van der Waals surface area contributed by atoms with E-state index in [1.54, 1.807) is 12.1 Å².